The number of amides is 1. The van der Waals surface area contributed by atoms with Crippen molar-refractivity contribution in [2.24, 2.45) is 0 Å². The number of aromatic nitrogens is 2. The van der Waals surface area contributed by atoms with Crippen molar-refractivity contribution in [3.05, 3.63) is 65.8 Å². The Morgan fingerprint density at radius 1 is 1.18 bits per heavy atom. The average molecular weight is 409 g/mol. The molecule has 0 fully saturated rings. The molecular formula is C18H14F3N3O3S. The van der Waals surface area contributed by atoms with Crippen LogP contribution in [-0.4, -0.2) is 21.9 Å². The SMILES string of the molecule is C[C@H](Oc1ccccc1F)c1nnc(SCC(=O)Nc2ccc(F)cc2F)o1. The number of nitrogens with zero attached hydrogens (tertiary/aromatic N) is 2. The molecule has 146 valence electrons. The Morgan fingerprint density at radius 3 is 2.71 bits per heavy atom. The van der Waals surface area contributed by atoms with Gasteiger partial charge in [0.05, 0.1) is 11.4 Å². The highest BCUT2D eigenvalue weighted by Gasteiger charge is 2.18. The second-order valence-corrected chi connectivity index (χ2v) is 6.48. The second kappa shape index (κ2) is 8.79. The lowest BCUT2D eigenvalue weighted by Crippen LogP contribution is -2.15. The van der Waals surface area contributed by atoms with E-state index in [0.29, 0.717) is 6.07 Å². The van der Waals surface area contributed by atoms with Crippen molar-refractivity contribution in [2.45, 2.75) is 18.3 Å². The van der Waals surface area contributed by atoms with Crippen molar-refractivity contribution >= 4 is 23.4 Å². The third kappa shape index (κ3) is 5.03. The Balaban J connectivity index is 1.54. The summed E-state index contributed by atoms with van der Waals surface area (Å²) in [7, 11) is 0. The van der Waals surface area contributed by atoms with Gasteiger partial charge < -0.3 is 14.5 Å². The van der Waals surface area contributed by atoms with E-state index < -0.39 is 29.5 Å². The highest BCUT2D eigenvalue weighted by Crippen LogP contribution is 2.25. The number of rotatable bonds is 7. The molecule has 1 N–H and O–H groups in total. The van der Waals surface area contributed by atoms with Crippen LogP contribution in [-0.2, 0) is 4.79 Å². The van der Waals surface area contributed by atoms with E-state index in [4.69, 9.17) is 9.15 Å². The van der Waals surface area contributed by atoms with Gasteiger partial charge in [-0.05, 0) is 31.2 Å². The quantitative estimate of drug-likeness (QED) is 0.585. The summed E-state index contributed by atoms with van der Waals surface area (Å²) in [5.41, 5.74) is -0.134. The number of benzene rings is 2. The third-order valence-corrected chi connectivity index (χ3v) is 4.26. The van der Waals surface area contributed by atoms with Gasteiger partial charge in [0.2, 0.25) is 5.91 Å². The van der Waals surface area contributed by atoms with Crippen LogP contribution in [0.1, 0.15) is 18.9 Å². The first-order valence-electron chi connectivity index (χ1n) is 8.04. The molecule has 10 heteroatoms. The number of para-hydroxylation sites is 1. The number of hydrogen-bond acceptors (Lipinski definition) is 6. The first kappa shape index (κ1) is 19.7. The largest absolute Gasteiger partial charge is 0.478 e. The lowest BCUT2D eigenvalue weighted by molar-refractivity contribution is -0.113. The lowest BCUT2D eigenvalue weighted by atomic mass is 10.3. The monoisotopic (exact) mass is 409 g/mol. The van der Waals surface area contributed by atoms with E-state index in [1.54, 1.807) is 13.0 Å². The van der Waals surface area contributed by atoms with E-state index in [2.05, 4.69) is 15.5 Å². The number of ether oxygens (including phenoxy) is 1. The predicted octanol–water partition coefficient (Wildman–Crippen LogP) is 4.36. The Morgan fingerprint density at radius 2 is 1.96 bits per heavy atom. The molecule has 0 spiro atoms. The molecule has 1 aromatic heterocycles. The summed E-state index contributed by atoms with van der Waals surface area (Å²) in [4.78, 5) is 11.9. The van der Waals surface area contributed by atoms with Crippen molar-refractivity contribution in [1.29, 1.82) is 0 Å². The Kier molecular flexibility index (Phi) is 6.19. The van der Waals surface area contributed by atoms with Crippen LogP contribution >= 0.6 is 11.8 Å². The Labute approximate surface area is 162 Å². The van der Waals surface area contributed by atoms with Gasteiger partial charge in [0.15, 0.2) is 17.7 Å². The maximum Gasteiger partial charge on any atom is 0.277 e. The van der Waals surface area contributed by atoms with E-state index in [-0.39, 0.29) is 28.3 Å². The zero-order valence-corrected chi connectivity index (χ0v) is 15.3. The molecule has 0 bridgehead atoms. The third-order valence-electron chi connectivity index (χ3n) is 3.44. The summed E-state index contributed by atoms with van der Waals surface area (Å²) in [6.07, 6.45) is -0.708. The number of hydrogen-bond donors (Lipinski definition) is 1. The summed E-state index contributed by atoms with van der Waals surface area (Å²) < 4.78 is 50.8. The van der Waals surface area contributed by atoms with Crippen LogP contribution in [0, 0.1) is 17.5 Å². The van der Waals surface area contributed by atoms with Crippen molar-refractivity contribution in [3.8, 4) is 5.75 Å². The first-order chi connectivity index (χ1) is 13.4. The van der Waals surface area contributed by atoms with Crippen molar-refractivity contribution in [2.75, 3.05) is 11.1 Å². The maximum absolute atomic E-state index is 13.6. The number of thioether (sulfide) groups is 1. The topological polar surface area (TPSA) is 77.2 Å². The van der Waals surface area contributed by atoms with Gasteiger partial charge in [-0.3, -0.25) is 4.79 Å². The molecule has 0 radical (unpaired) electrons. The fraction of sp³-hybridized carbons (Fsp3) is 0.167. The minimum atomic E-state index is -0.877. The molecule has 1 atom stereocenters. The highest BCUT2D eigenvalue weighted by molar-refractivity contribution is 7.99. The first-order valence-corrected chi connectivity index (χ1v) is 9.03. The highest BCUT2D eigenvalue weighted by atomic mass is 32.2. The Bertz CT molecular complexity index is 983. The Hall–Kier alpha value is -3.01. The fourth-order valence-corrected chi connectivity index (χ4v) is 2.70. The predicted molar refractivity (Wildman–Crippen MR) is 95.5 cm³/mol. The van der Waals surface area contributed by atoms with Crippen LogP contribution in [0.4, 0.5) is 18.9 Å². The number of carbonyl (C=O) groups is 1. The summed E-state index contributed by atoms with van der Waals surface area (Å²) in [6, 6.07) is 8.73. The van der Waals surface area contributed by atoms with Crippen LogP contribution in [0.5, 0.6) is 5.75 Å². The molecule has 0 aliphatic rings. The molecule has 1 heterocycles. The molecule has 0 saturated heterocycles. The normalized spacial score (nSPS) is 11.9. The molecule has 3 aromatic rings. The van der Waals surface area contributed by atoms with Crippen LogP contribution in [0.25, 0.3) is 0 Å². The molecule has 0 aliphatic heterocycles. The number of halogens is 3. The maximum atomic E-state index is 13.6. The fourth-order valence-electron chi connectivity index (χ4n) is 2.13. The summed E-state index contributed by atoms with van der Waals surface area (Å²) in [5.74, 6) is -2.66. The number of anilines is 1. The molecule has 0 aliphatic carbocycles. The van der Waals surface area contributed by atoms with Gasteiger partial charge in [0.1, 0.15) is 11.6 Å². The van der Waals surface area contributed by atoms with E-state index in [1.165, 1.54) is 18.2 Å². The average Bonchev–Trinajstić information content (AvgIpc) is 3.13. The van der Waals surface area contributed by atoms with Crippen LogP contribution in [0.2, 0.25) is 0 Å². The molecule has 0 saturated carbocycles. The molecule has 6 nitrogen and oxygen atoms in total. The van der Waals surface area contributed by atoms with Crippen molar-refractivity contribution in [3.63, 3.8) is 0 Å². The number of nitrogens with one attached hydrogen (secondary N) is 1. The standard InChI is InChI=1S/C18H14F3N3O3S/c1-10(26-15-5-3-2-4-12(15)20)17-23-24-18(27-17)28-9-16(25)22-14-7-6-11(19)8-13(14)21/h2-8,10H,9H2,1H3,(H,22,25)/t10-/m0/s1. The van der Waals surface area contributed by atoms with Crippen LogP contribution < -0.4 is 10.1 Å². The van der Waals surface area contributed by atoms with Gasteiger partial charge in [-0.25, -0.2) is 13.2 Å². The van der Waals surface area contributed by atoms with E-state index in [1.807, 2.05) is 0 Å². The van der Waals surface area contributed by atoms with Gasteiger partial charge in [0.25, 0.3) is 11.1 Å². The van der Waals surface area contributed by atoms with Crippen molar-refractivity contribution in [1.82, 2.24) is 10.2 Å². The zero-order chi connectivity index (χ0) is 20.1. The molecule has 0 unspecified atom stereocenters. The van der Waals surface area contributed by atoms with E-state index in [0.717, 1.165) is 23.9 Å². The van der Waals surface area contributed by atoms with Crippen molar-refractivity contribution < 1.29 is 27.1 Å². The molecule has 28 heavy (non-hydrogen) atoms. The van der Waals surface area contributed by atoms with Gasteiger partial charge >= 0.3 is 0 Å². The van der Waals surface area contributed by atoms with E-state index >= 15 is 0 Å². The number of carbonyl (C=O) groups excluding carboxylic acids is 1. The zero-order valence-electron chi connectivity index (χ0n) is 14.5. The van der Waals surface area contributed by atoms with Gasteiger partial charge in [-0.1, -0.05) is 23.9 Å². The molecular weight excluding hydrogens is 395 g/mol. The van der Waals surface area contributed by atoms with Gasteiger partial charge in [-0.15, -0.1) is 10.2 Å². The summed E-state index contributed by atoms with van der Waals surface area (Å²) >= 11 is 0.926. The molecule has 2 aromatic carbocycles. The summed E-state index contributed by atoms with van der Waals surface area (Å²) in [6.45, 7) is 1.61. The second-order valence-electron chi connectivity index (χ2n) is 5.56. The smallest absolute Gasteiger partial charge is 0.277 e. The van der Waals surface area contributed by atoms with Crippen LogP contribution in [0.15, 0.2) is 52.1 Å². The minimum Gasteiger partial charge on any atom is -0.478 e. The van der Waals surface area contributed by atoms with Crippen LogP contribution in [0.3, 0.4) is 0 Å². The summed E-state index contributed by atoms with van der Waals surface area (Å²) in [5, 5.41) is 10.00. The molecule has 1 amide bonds. The minimum absolute atomic E-state index is 0.0445. The van der Waals surface area contributed by atoms with E-state index in [9.17, 15) is 18.0 Å². The molecule has 3 rings (SSSR count). The lowest BCUT2D eigenvalue weighted by Gasteiger charge is -2.11. The van der Waals surface area contributed by atoms with Gasteiger partial charge in [0, 0.05) is 6.07 Å². The van der Waals surface area contributed by atoms with Gasteiger partial charge in [-0.2, -0.15) is 0 Å².